The maximum atomic E-state index is 13.4. The molecule has 0 aromatic carbocycles. The van der Waals surface area contributed by atoms with E-state index in [9.17, 15) is 4.11 Å². The maximum absolute atomic E-state index is 13.4. The van der Waals surface area contributed by atoms with Crippen LogP contribution >= 0.6 is 0 Å². The van der Waals surface area contributed by atoms with Crippen molar-refractivity contribution < 1.29 is 4.11 Å². The predicted molar refractivity (Wildman–Crippen MR) is 64.8 cm³/mol. The van der Waals surface area contributed by atoms with Crippen LogP contribution in [-0.2, 0) is 0 Å². The highest BCUT2D eigenvalue weighted by molar-refractivity contribution is 6.50. The van der Waals surface area contributed by atoms with Gasteiger partial charge in [0, 0.05) is 0 Å². The van der Waals surface area contributed by atoms with Gasteiger partial charge in [0.15, 0.2) is 0 Å². The Bertz CT molecular complexity index is 94.5. The highest BCUT2D eigenvalue weighted by Gasteiger charge is 2.09. The van der Waals surface area contributed by atoms with E-state index in [2.05, 4.69) is 13.8 Å². The Balaban J connectivity index is 3.07. The zero-order valence-electron chi connectivity index (χ0n) is 9.95. The van der Waals surface area contributed by atoms with Crippen molar-refractivity contribution in [3.8, 4) is 0 Å². The van der Waals surface area contributed by atoms with E-state index in [4.69, 9.17) is 0 Å². The van der Waals surface area contributed by atoms with Gasteiger partial charge in [-0.2, -0.15) is 0 Å². The predicted octanol–water partition coefficient (Wildman–Crippen LogP) is 5.11. The molecule has 0 saturated heterocycles. The molecule has 0 bridgehead atoms. The molecule has 0 aliphatic carbocycles. The zero-order chi connectivity index (χ0) is 10.6. The van der Waals surface area contributed by atoms with Crippen molar-refractivity contribution in [3.05, 3.63) is 0 Å². The summed E-state index contributed by atoms with van der Waals surface area (Å²) in [5.41, 5.74) is 0. The molecule has 0 nitrogen and oxygen atoms in total. The van der Waals surface area contributed by atoms with Crippen molar-refractivity contribution in [1.29, 1.82) is 0 Å². The highest BCUT2D eigenvalue weighted by Crippen LogP contribution is 2.13. The highest BCUT2D eigenvalue weighted by atomic mass is 28.3. The van der Waals surface area contributed by atoms with Gasteiger partial charge in [-0.05, 0) is 12.1 Å². The second kappa shape index (κ2) is 11.2. The summed E-state index contributed by atoms with van der Waals surface area (Å²) in [5.74, 6) is 0. The Hall–Kier alpha value is 0.147. The van der Waals surface area contributed by atoms with E-state index in [1.165, 1.54) is 38.5 Å². The molecule has 0 aliphatic rings. The molecule has 2 heteroatoms. The molecule has 14 heavy (non-hydrogen) atoms. The Morgan fingerprint density at radius 3 is 1.50 bits per heavy atom. The van der Waals surface area contributed by atoms with Crippen LogP contribution in [0.5, 0.6) is 0 Å². The van der Waals surface area contributed by atoms with E-state index in [-0.39, 0.29) is 0 Å². The summed E-state index contributed by atoms with van der Waals surface area (Å²) in [6.45, 7) is 4.40. The molecular weight excluding hydrogens is 191 g/mol. The third-order valence-corrected chi connectivity index (χ3v) is 4.40. The van der Waals surface area contributed by atoms with Gasteiger partial charge in [-0.3, -0.25) is 0 Å². The normalized spacial score (nSPS) is 11.1. The van der Waals surface area contributed by atoms with Crippen LogP contribution in [0.3, 0.4) is 0 Å². The van der Waals surface area contributed by atoms with E-state index in [0.29, 0.717) is 0 Å². The standard InChI is InChI=1S/C12H26FSi/c1-3-5-7-9-11-14(13)12-10-8-6-4-2/h3-12H2,1-2H3. The average molecular weight is 217 g/mol. The summed E-state index contributed by atoms with van der Waals surface area (Å²) >= 11 is 0. The van der Waals surface area contributed by atoms with Gasteiger partial charge in [0.25, 0.3) is 9.13 Å². The second-order valence-corrected chi connectivity index (χ2v) is 6.17. The van der Waals surface area contributed by atoms with Gasteiger partial charge in [0.1, 0.15) is 0 Å². The van der Waals surface area contributed by atoms with E-state index in [1.807, 2.05) is 0 Å². The lowest BCUT2D eigenvalue weighted by atomic mass is 10.2. The van der Waals surface area contributed by atoms with Crippen LogP contribution in [-0.4, -0.2) is 9.13 Å². The minimum Gasteiger partial charge on any atom is -0.314 e. The first-order valence-corrected chi connectivity index (χ1v) is 8.10. The molecule has 0 atom stereocenters. The summed E-state index contributed by atoms with van der Waals surface area (Å²) in [5, 5.41) is 0. The summed E-state index contributed by atoms with van der Waals surface area (Å²) in [6.07, 6.45) is 9.82. The minimum atomic E-state index is -1.45. The first kappa shape index (κ1) is 14.1. The van der Waals surface area contributed by atoms with Crippen molar-refractivity contribution >= 4 is 9.13 Å². The minimum absolute atomic E-state index is 0.900. The molecule has 0 aromatic heterocycles. The fourth-order valence-corrected chi connectivity index (χ4v) is 3.13. The first-order chi connectivity index (χ1) is 6.81. The smallest absolute Gasteiger partial charge is 0.271 e. The Morgan fingerprint density at radius 2 is 1.14 bits per heavy atom. The maximum Gasteiger partial charge on any atom is 0.271 e. The van der Waals surface area contributed by atoms with Crippen LogP contribution in [0.1, 0.15) is 65.2 Å². The van der Waals surface area contributed by atoms with Crippen LogP contribution in [0.15, 0.2) is 0 Å². The molecule has 0 saturated carbocycles. The van der Waals surface area contributed by atoms with E-state index in [0.717, 1.165) is 24.9 Å². The fraction of sp³-hybridized carbons (Fsp3) is 1.00. The zero-order valence-corrected chi connectivity index (χ0v) is 10.9. The van der Waals surface area contributed by atoms with Gasteiger partial charge < -0.3 is 4.11 Å². The van der Waals surface area contributed by atoms with Gasteiger partial charge in [-0.1, -0.05) is 65.2 Å². The Kier molecular flexibility index (Phi) is 11.3. The summed E-state index contributed by atoms with van der Waals surface area (Å²) < 4.78 is 13.4. The molecule has 0 heterocycles. The van der Waals surface area contributed by atoms with Gasteiger partial charge >= 0.3 is 0 Å². The van der Waals surface area contributed by atoms with Crippen LogP contribution in [0.25, 0.3) is 0 Å². The molecule has 0 fully saturated rings. The number of hydrogen-bond donors (Lipinski definition) is 0. The second-order valence-electron chi connectivity index (χ2n) is 4.14. The van der Waals surface area contributed by atoms with Crippen LogP contribution in [0.2, 0.25) is 12.1 Å². The fourth-order valence-electron chi connectivity index (χ4n) is 1.61. The molecule has 0 unspecified atom stereocenters. The molecular formula is C12H26FSi. The van der Waals surface area contributed by atoms with Crippen molar-refractivity contribution in [3.63, 3.8) is 0 Å². The number of unbranched alkanes of at least 4 members (excludes halogenated alkanes) is 6. The largest absolute Gasteiger partial charge is 0.314 e. The van der Waals surface area contributed by atoms with Gasteiger partial charge in [0.2, 0.25) is 0 Å². The Labute approximate surface area is 91.1 Å². The lowest BCUT2D eigenvalue weighted by Gasteiger charge is -2.04. The molecule has 0 aliphatic heterocycles. The molecule has 85 valence electrons. The summed E-state index contributed by atoms with van der Waals surface area (Å²) in [6, 6.07) is 1.80. The third kappa shape index (κ3) is 10.2. The lowest BCUT2D eigenvalue weighted by Crippen LogP contribution is -2.04. The topological polar surface area (TPSA) is 0 Å². The molecule has 1 radical (unpaired) electrons. The molecule has 0 rings (SSSR count). The van der Waals surface area contributed by atoms with Crippen molar-refractivity contribution in [2.75, 3.05) is 0 Å². The molecule has 0 amide bonds. The van der Waals surface area contributed by atoms with Gasteiger partial charge in [-0.25, -0.2) is 0 Å². The monoisotopic (exact) mass is 217 g/mol. The van der Waals surface area contributed by atoms with Crippen LogP contribution in [0.4, 0.5) is 4.11 Å². The van der Waals surface area contributed by atoms with Gasteiger partial charge in [0.05, 0.1) is 0 Å². The van der Waals surface area contributed by atoms with Crippen molar-refractivity contribution in [1.82, 2.24) is 0 Å². The number of rotatable bonds is 10. The van der Waals surface area contributed by atoms with Crippen LogP contribution in [0, 0.1) is 0 Å². The summed E-state index contributed by atoms with van der Waals surface area (Å²) in [4.78, 5) is 0. The number of halogens is 1. The lowest BCUT2D eigenvalue weighted by molar-refractivity contribution is 0.660. The average Bonchev–Trinajstić information content (AvgIpc) is 2.19. The van der Waals surface area contributed by atoms with E-state index in [1.54, 1.807) is 0 Å². The molecule has 0 aromatic rings. The SMILES string of the molecule is CCCCCC[Si](F)CCCCCC. The first-order valence-electron chi connectivity index (χ1n) is 6.31. The Morgan fingerprint density at radius 1 is 0.714 bits per heavy atom. The molecule has 0 N–H and O–H groups in total. The van der Waals surface area contributed by atoms with E-state index < -0.39 is 9.13 Å². The third-order valence-electron chi connectivity index (χ3n) is 2.60. The van der Waals surface area contributed by atoms with Gasteiger partial charge in [-0.15, -0.1) is 0 Å². The molecule has 0 spiro atoms. The van der Waals surface area contributed by atoms with E-state index >= 15 is 0 Å². The number of hydrogen-bond acceptors (Lipinski definition) is 0. The van der Waals surface area contributed by atoms with Crippen LogP contribution < -0.4 is 0 Å². The van der Waals surface area contributed by atoms with Crippen molar-refractivity contribution in [2.24, 2.45) is 0 Å². The van der Waals surface area contributed by atoms with Crippen molar-refractivity contribution in [2.45, 2.75) is 77.3 Å². The summed E-state index contributed by atoms with van der Waals surface area (Å²) in [7, 11) is -1.45. The quantitative estimate of drug-likeness (QED) is 0.271.